The normalized spacial score (nSPS) is 8.79. The first-order valence-corrected chi connectivity index (χ1v) is 4.17. The Morgan fingerprint density at radius 1 is 1.29 bits per heavy atom. The molecule has 0 bridgehead atoms. The average Bonchev–Trinajstić information content (AvgIpc) is 2.15. The number of nitro benzene ring substituents is 1. The van der Waals surface area contributed by atoms with Crippen LogP contribution < -0.4 is 0 Å². The monoisotopic (exact) mass is 251 g/mol. The molecule has 0 aromatic heterocycles. The highest BCUT2D eigenvalue weighted by Crippen LogP contribution is 2.26. The molecule has 0 fully saturated rings. The van der Waals surface area contributed by atoms with Gasteiger partial charge in [-0.25, -0.2) is 0 Å². The predicted octanol–water partition coefficient (Wildman–Crippen LogP) is 2.10. The van der Waals surface area contributed by atoms with Crippen molar-refractivity contribution in [1.82, 2.24) is 0 Å². The van der Waals surface area contributed by atoms with E-state index in [0.717, 1.165) is 0 Å². The van der Waals surface area contributed by atoms with E-state index in [9.17, 15) is 10.1 Å². The van der Waals surface area contributed by atoms with Gasteiger partial charge in [0.1, 0.15) is 23.3 Å². The summed E-state index contributed by atoms with van der Waals surface area (Å²) in [5.74, 6) is 0. The summed E-state index contributed by atoms with van der Waals surface area (Å²) in [7, 11) is 0. The Balaban J connectivity index is 3.61. The number of rotatable bonds is 1. The molecule has 1 aromatic rings. The Hall–Kier alpha value is -1.92. The van der Waals surface area contributed by atoms with Gasteiger partial charge in [-0.1, -0.05) is 15.9 Å². The van der Waals surface area contributed by atoms with E-state index in [0.29, 0.717) is 4.47 Å². The molecule has 1 rings (SSSR count). The van der Waals surface area contributed by atoms with Crippen molar-refractivity contribution in [3.05, 3.63) is 37.8 Å². The summed E-state index contributed by atoms with van der Waals surface area (Å²) < 4.78 is 0.469. The van der Waals surface area contributed by atoms with E-state index < -0.39 is 10.6 Å². The maximum Gasteiger partial charge on any atom is 0.304 e. The first-order valence-electron chi connectivity index (χ1n) is 3.38. The van der Waals surface area contributed by atoms with Crippen LogP contribution in [0.1, 0.15) is 11.1 Å². The molecule has 0 amide bonds. The van der Waals surface area contributed by atoms with Crippen LogP contribution in [0.5, 0.6) is 0 Å². The van der Waals surface area contributed by atoms with Crippen molar-refractivity contribution in [3.63, 3.8) is 0 Å². The van der Waals surface area contributed by atoms with E-state index in [-0.39, 0.29) is 11.1 Å². The second-order valence-electron chi connectivity index (χ2n) is 2.33. The minimum atomic E-state index is -0.733. The second kappa shape index (κ2) is 3.86. The highest BCUT2D eigenvalue weighted by atomic mass is 79.9. The fourth-order valence-corrected chi connectivity index (χ4v) is 1.42. The standard InChI is InChI=1S/C8H2BrN3O2/c9-7-1-5(3-10)8(12(13)14)6(2-7)4-11/h1-2H. The zero-order valence-electron chi connectivity index (χ0n) is 6.69. The average molecular weight is 252 g/mol. The second-order valence-corrected chi connectivity index (χ2v) is 3.25. The smallest absolute Gasteiger partial charge is 0.258 e. The zero-order chi connectivity index (χ0) is 10.7. The molecule has 0 aliphatic carbocycles. The Labute approximate surface area is 87.5 Å². The quantitative estimate of drug-likeness (QED) is 0.565. The number of nitro groups is 1. The number of halogens is 1. The topological polar surface area (TPSA) is 90.7 Å². The largest absolute Gasteiger partial charge is 0.304 e. The summed E-state index contributed by atoms with van der Waals surface area (Å²) in [5, 5.41) is 27.8. The van der Waals surface area contributed by atoms with Crippen LogP contribution in [-0.2, 0) is 0 Å². The minimum Gasteiger partial charge on any atom is -0.258 e. The first kappa shape index (κ1) is 10.2. The molecule has 0 atom stereocenters. The van der Waals surface area contributed by atoms with Gasteiger partial charge in [-0.15, -0.1) is 0 Å². The van der Waals surface area contributed by atoms with E-state index in [1.165, 1.54) is 12.1 Å². The van der Waals surface area contributed by atoms with E-state index in [4.69, 9.17) is 10.5 Å². The van der Waals surface area contributed by atoms with Crippen molar-refractivity contribution in [2.24, 2.45) is 0 Å². The van der Waals surface area contributed by atoms with Gasteiger partial charge in [0.25, 0.3) is 0 Å². The highest BCUT2D eigenvalue weighted by molar-refractivity contribution is 9.10. The van der Waals surface area contributed by atoms with Crippen LogP contribution in [0.15, 0.2) is 16.6 Å². The highest BCUT2D eigenvalue weighted by Gasteiger charge is 2.20. The number of hydrogen-bond donors (Lipinski definition) is 0. The summed E-state index contributed by atoms with van der Waals surface area (Å²) in [6, 6.07) is 5.95. The molecule has 0 aliphatic heterocycles. The molecule has 5 nitrogen and oxygen atoms in total. The van der Waals surface area contributed by atoms with Gasteiger partial charge in [-0.2, -0.15) is 10.5 Å². The third kappa shape index (κ3) is 1.70. The predicted molar refractivity (Wildman–Crippen MR) is 50.2 cm³/mol. The maximum atomic E-state index is 10.6. The zero-order valence-corrected chi connectivity index (χ0v) is 8.28. The Morgan fingerprint density at radius 3 is 2.00 bits per heavy atom. The lowest BCUT2D eigenvalue weighted by Gasteiger charge is -1.97. The van der Waals surface area contributed by atoms with Gasteiger partial charge in [0.2, 0.25) is 0 Å². The SMILES string of the molecule is N#Cc1cc(Br)cc(C#N)c1[N+](=O)[O-]. The first-order chi connectivity index (χ1) is 6.60. The summed E-state index contributed by atoms with van der Waals surface area (Å²) in [6.07, 6.45) is 0. The van der Waals surface area contributed by atoms with Gasteiger partial charge < -0.3 is 0 Å². The van der Waals surface area contributed by atoms with Crippen molar-refractivity contribution >= 4 is 21.6 Å². The fourth-order valence-electron chi connectivity index (χ4n) is 0.966. The van der Waals surface area contributed by atoms with Crippen molar-refractivity contribution in [2.75, 3.05) is 0 Å². The van der Waals surface area contributed by atoms with E-state index >= 15 is 0 Å². The third-order valence-electron chi connectivity index (χ3n) is 1.50. The summed E-state index contributed by atoms with van der Waals surface area (Å²) in [4.78, 5) is 9.83. The van der Waals surface area contributed by atoms with Crippen LogP contribution in [0.4, 0.5) is 5.69 Å². The molecule has 0 saturated heterocycles. The Bertz CT molecular complexity index is 449. The van der Waals surface area contributed by atoms with Gasteiger partial charge in [0, 0.05) is 4.47 Å². The number of nitriles is 2. The molecular weight excluding hydrogens is 250 g/mol. The van der Waals surface area contributed by atoms with Crippen LogP contribution in [-0.4, -0.2) is 4.92 Å². The molecule has 0 N–H and O–H groups in total. The molecule has 0 heterocycles. The summed E-state index contributed by atoms with van der Waals surface area (Å²) in [6.45, 7) is 0. The van der Waals surface area contributed by atoms with Crippen LogP contribution in [0.2, 0.25) is 0 Å². The van der Waals surface area contributed by atoms with Gasteiger partial charge >= 0.3 is 5.69 Å². The number of hydrogen-bond acceptors (Lipinski definition) is 4. The lowest BCUT2D eigenvalue weighted by Crippen LogP contribution is -1.96. The molecule has 1 aromatic carbocycles. The van der Waals surface area contributed by atoms with E-state index in [1.807, 2.05) is 0 Å². The minimum absolute atomic E-state index is 0.124. The Morgan fingerprint density at radius 2 is 1.71 bits per heavy atom. The van der Waals surface area contributed by atoms with E-state index in [2.05, 4.69) is 15.9 Å². The van der Waals surface area contributed by atoms with Crippen molar-refractivity contribution in [3.8, 4) is 12.1 Å². The molecule has 0 radical (unpaired) electrons. The van der Waals surface area contributed by atoms with Crippen molar-refractivity contribution < 1.29 is 4.92 Å². The molecule has 0 unspecified atom stereocenters. The lowest BCUT2D eigenvalue weighted by atomic mass is 10.1. The van der Waals surface area contributed by atoms with Crippen molar-refractivity contribution in [2.45, 2.75) is 0 Å². The van der Waals surface area contributed by atoms with Gasteiger partial charge in [0.05, 0.1) is 4.92 Å². The molecule has 6 heteroatoms. The van der Waals surface area contributed by atoms with Gasteiger partial charge in [-0.05, 0) is 12.1 Å². The van der Waals surface area contributed by atoms with Crippen LogP contribution in [0.25, 0.3) is 0 Å². The van der Waals surface area contributed by atoms with Gasteiger partial charge in [-0.3, -0.25) is 10.1 Å². The van der Waals surface area contributed by atoms with Crippen LogP contribution in [0.3, 0.4) is 0 Å². The lowest BCUT2D eigenvalue weighted by molar-refractivity contribution is -0.385. The molecule has 68 valence electrons. The Kier molecular flexibility index (Phi) is 2.80. The number of nitrogens with zero attached hydrogens (tertiary/aromatic N) is 3. The molecule has 14 heavy (non-hydrogen) atoms. The fraction of sp³-hybridized carbons (Fsp3) is 0. The molecular formula is C8H2BrN3O2. The van der Waals surface area contributed by atoms with Crippen LogP contribution >= 0.6 is 15.9 Å². The third-order valence-corrected chi connectivity index (χ3v) is 1.96. The molecule has 0 saturated carbocycles. The molecule has 0 aliphatic rings. The van der Waals surface area contributed by atoms with Gasteiger partial charge in [0.15, 0.2) is 0 Å². The van der Waals surface area contributed by atoms with Crippen LogP contribution in [0, 0.1) is 32.8 Å². The van der Waals surface area contributed by atoms with Crippen molar-refractivity contribution in [1.29, 1.82) is 10.5 Å². The summed E-state index contributed by atoms with van der Waals surface area (Å²) in [5.41, 5.74) is -0.694. The van der Waals surface area contributed by atoms with E-state index in [1.54, 1.807) is 12.1 Å². The number of benzene rings is 1. The molecule has 0 spiro atoms. The maximum absolute atomic E-state index is 10.6. The summed E-state index contributed by atoms with van der Waals surface area (Å²) >= 11 is 3.05.